The zero-order valence-electron chi connectivity index (χ0n) is 17.5. The summed E-state index contributed by atoms with van der Waals surface area (Å²) in [6.45, 7) is 2.11. The van der Waals surface area contributed by atoms with Crippen molar-refractivity contribution in [3.63, 3.8) is 0 Å². The van der Waals surface area contributed by atoms with Crippen LogP contribution in [0.3, 0.4) is 0 Å². The van der Waals surface area contributed by atoms with Gasteiger partial charge in [-0.05, 0) is 36.2 Å². The second kappa shape index (κ2) is 9.65. The molecule has 0 aromatic heterocycles. The van der Waals surface area contributed by atoms with Crippen molar-refractivity contribution in [3.05, 3.63) is 54.1 Å². The van der Waals surface area contributed by atoms with Crippen molar-refractivity contribution < 1.29 is 22.7 Å². The molecule has 0 spiro atoms. The summed E-state index contributed by atoms with van der Waals surface area (Å²) in [6, 6.07) is 13.3. The fourth-order valence-corrected chi connectivity index (χ4v) is 4.41. The van der Waals surface area contributed by atoms with E-state index in [0.717, 1.165) is 11.8 Å². The van der Waals surface area contributed by atoms with E-state index in [9.17, 15) is 13.2 Å². The first-order valence-electron chi connectivity index (χ1n) is 9.23. The number of hydrogen-bond acceptors (Lipinski definition) is 5. The highest BCUT2D eigenvalue weighted by molar-refractivity contribution is 7.92. The number of likely N-dealkylation sites (N-methyl/N-ethyl adjacent to an activating group) is 1. The number of sulfonamides is 1. The van der Waals surface area contributed by atoms with Gasteiger partial charge in [-0.2, -0.15) is 0 Å². The number of para-hydroxylation sites is 1. The topological polar surface area (TPSA) is 76.2 Å². The molecule has 29 heavy (non-hydrogen) atoms. The quantitative estimate of drug-likeness (QED) is 0.623. The lowest BCUT2D eigenvalue weighted by atomic mass is 10.1. The van der Waals surface area contributed by atoms with Crippen LogP contribution in [0.1, 0.15) is 18.9 Å². The van der Waals surface area contributed by atoms with Crippen LogP contribution in [0, 0.1) is 0 Å². The maximum atomic E-state index is 13.2. The van der Waals surface area contributed by atoms with Crippen molar-refractivity contribution in [3.8, 4) is 11.5 Å². The zero-order chi connectivity index (χ0) is 21.6. The monoisotopic (exact) mass is 420 g/mol. The van der Waals surface area contributed by atoms with Crippen molar-refractivity contribution in [2.24, 2.45) is 0 Å². The minimum atomic E-state index is -3.65. The molecule has 2 aromatic rings. The average Bonchev–Trinajstić information content (AvgIpc) is 2.70. The van der Waals surface area contributed by atoms with Crippen molar-refractivity contribution in [1.82, 2.24) is 4.90 Å². The van der Waals surface area contributed by atoms with E-state index in [-0.39, 0.29) is 5.91 Å². The molecule has 0 aliphatic heterocycles. The van der Waals surface area contributed by atoms with Gasteiger partial charge in [-0.25, -0.2) is 8.42 Å². The number of rotatable bonds is 9. The summed E-state index contributed by atoms with van der Waals surface area (Å²) < 4.78 is 36.7. The summed E-state index contributed by atoms with van der Waals surface area (Å²) >= 11 is 0. The molecule has 0 bridgehead atoms. The Kier molecular flexibility index (Phi) is 7.50. The van der Waals surface area contributed by atoms with E-state index in [0.29, 0.717) is 30.2 Å². The Balaban J connectivity index is 2.29. The highest BCUT2D eigenvalue weighted by Gasteiger charge is 2.33. The lowest BCUT2D eigenvalue weighted by Gasteiger charge is -2.33. The van der Waals surface area contributed by atoms with Gasteiger partial charge < -0.3 is 14.4 Å². The van der Waals surface area contributed by atoms with E-state index < -0.39 is 16.1 Å². The number of anilines is 1. The number of ether oxygens (including phenoxy) is 2. The third kappa shape index (κ3) is 5.41. The molecule has 0 heterocycles. The first-order valence-corrected chi connectivity index (χ1v) is 11.1. The molecule has 158 valence electrons. The van der Waals surface area contributed by atoms with Crippen molar-refractivity contribution in [1.29, 1.82) is 0 Å². The van der Waals surface area contributed by atoms with Crippen LogP contribution in [0.5, 0.6) is 11.5 Å². The first-order chi connectivity index (χ1) is 13.7. The third-order valence-corrected chi connectivity index (χ3v) is 5.75. The van der Waals surface area contributed by atoms with Gasteiger partial charge in [-0.1, -0.05) is 31.2 Å². The number of hydrogen-bond donors (Lipinski definition) is 0. The van der Waals surface area contributed by atoms with Crippen molar-refractivity contribution >= 4 is 21.6 Å². The second-order valence-corrected chi connectivity index (χ2v) is 8.56. The molecule has 0 unspecified atom stereocenters. The minimum Gasteiger partial charge on any atom is -0.493 e. The van der Waals surface area contributed by atoms with Gasteiger partial charge in [-0.15, -0.1) is 0 Å². The van der Waals surface area contributed by atoms with Crippen LogP contribution in [-0.2, 0) is 21.4 Å². The Hall–Kier alpha value is -2.74. The molecule has 0 aliphatic carbocycles. The number of carbonyl (C=O) groups is 1. The predicted molar refractivity (Wildman–Crippen MR) is 114 cm³/mol. The number of benzene rings is 2. The molecular formula is C21H28N2O5S. The third-order valence-electron chi connectivity index (χ3n) is 4.57. The van der Waals surface area contributed by atoms with Crippen LogP contribution in [0.25, 0.3) is 0 Å². The molecule has 7 nitrogen and oxygen atoms in total. The molecule has 0 N–H and O–H groups in total. The van der Waals surface area contributed by atoms with Crippen molar-refractivity contribution in [2.75, 3.05) is 31.8 Å². The summed E-state index contributed by atoms with van der Waals surface area (Å²) in [5.74, 6) is 0.889. The van der Waals surface area contributed by atoms with E-state index >= 15 is 0 Å². The molecule has 1 atom stereocenters. The lowest BCUT2D eigenvalue weighted by Crippen LogP contribution is -2.49. The zero-order valence-corrected chi connectivity index (χ0v) is 18.3. The van der Waals surface area contributed by atoms with E-state index in [1.807, 2.05) is 6.07 Å². The molecule has 2 rings (SSSR count). The lowest BCUT2D eigenvalue weighted by molar-refractivity contribution is -0.131. The SMILES string of the molecule is CC[C@@H](C(=O)N(C)Cc1ccc(OC)c(OC)c1)N(c1ccccc1)S(C)(=O)=O. The smallest absolute Gasteiger partial charge is 0.246 e. The van der Waals surface area contributed by atoms with E-state index in [1.165, 1.54) is 9.21 Å². The summed E-state index contributed by atoms with van der Waals surface area (Å²) in [5, 5.41) is 0. The fourth-order valence-electron chi connectivity index (χ4n) is 3.20. The Labute approximate surface area is 172 Å². The number of carbonyl (C=O) groups excluding carboxylic acids is 1. The number of amides is 1. The highest BCUT2D eigenvalue weighted by atomic mass is 32.2. The second-order valence-electron chi connectivity index (χ2n) is 6.70. The average molecular weight is 421 g/mol. The summed E-state index contributed by atoms with van der Waals surface area (Å²) in [5.41, 5.74) is 1.31. The summed E-state index contributed by atoms with van der Waals surface area (Å²) in [4.78, 5) is 14.7. The van der Waals surface area contributed by atoms with Gasteiger partial charge >= 0.3 is 0 Å². The summed E-state index contributed by atoms with van der Waals surface area (Å²) in [7, 11) is 1.12. The maximum absolute atomic E-state index is 13.2. The molecular weight excluding hydrogens is 392 g/mol. The molecule has 2 aromatic carbocycles. The normalized spacial score (nSPS) is 12.2. The molecule has 0 saturated carbocycles. The van der Waals surface area contributed by atoms with Gasteiger partial charge in [0.15, 0.2) is 11.5 Å². The predicted octanol–water partition coefficient (Wildman–Crippen LogP) is 2.91. The molecule has 0 fully saturated rings. The van der Waals surface area contributed by atoms with Crippen LogP contribution >= 0.6 is 0 Å². The van der Waals surface area contributed by atoms with Crippen LogP contribution in [-0.4, -0.2) is 52.8 Å². The van der Waals surface area contributed by atoms with Gasteiger partial charge in [0.25, 0.3) is 0 Å². The van der Waals surface area contributed by atoms with Gasteiger partial charge in [0.2, 0.25) is 15.9 Å². The number of methoxy groups -OCH3 is 2. The van der Waals surface area contributed by atoms with E-state index in [4.69, 9.17) is 9.47 Å². The van der Waals surface area contributed by atoms with Crippen molar-refractivity contribution in [2.45, 2.75) is 25.9 Å². The van der Waals surface area contributed by atoms with Gasteiger partial charge in [0.1, 0.15) is 6.04 Å². The molecule has 8 heteroatoms. The Bertz CT molecular complexity index is 931. The number of nitrogens with zero attached hydrogens (tertiary/aromatic N) is 2. The van der Waals surface area contributed by atoms with Gasteiger partial charge in [0, 0.05) is 13.6 Å². The maximum Gasteiger partial charge on any atom is 0.246 e. The molecule has 1 amide bonds. The van der Waals surface area contributed by atoms with E-state index in [1.54, 1.807) is 70.7 Å². The van der Waals surface area contributed by atoms with Crippen LogP contribution < -0.4 is 13.8 Å². The van der Waals surface area contributed by atoms with E-state index in [2.05, 4.69) is 0 Å². The Morgan fingerprint density at radius 3 is 2.17 bits per heavy atom. The fraction of sp³-hybridized carbons (Fsp3) is 0.381. The Morgan fingerprint density at radius 1 is 1.03 bits per heavy atom. The molecule has 0 saturated heterocycles. The minimum absolute atomic E-state index is 0.281. The van der Waals surface area contributed by atoms with Crippen LogP contribution in [0.4, 0.5) is 5.69 Å². The highest BCUT2D eigenvalue weighted by Crippen LogP contribution is 2.28. The standard InChI is InChI=1S/C21H28N2O5S/c1-6-18(23(29(5,25)26)17-10-8-7-9-11-17)21(24)22(2)15-16-12-13-19(27-3)20(14-16)28-4/h7-14,18H,6,15H2,1-5H3/t18-/m0/s1. The summed E-state index contributed by atoms with van der Waals surface area (Å²) in [6.07, 6.45) is 1.46. The molecule has 0 aliphatic rings. The van der Waals surface area contributed by atoms with Crippen LogP contribution in [0.15, 0.2) is 48.5 Å². The van der Waals surface area contributed by atoms with Crippen LogP contribution in [0.2, 0.25) is 0 Å². The van der Waals surface area contributed by atoms with Gasteiger partial charge in [-0.3, -0.25) is 9.10 Å². The molecule has 0 radical (unpaired) electrons. The largest absolute Gasteiger partial charge is 0.493 e. The van der Waals surface area contributed by atoms with Gasteiger partial charge in [0.05, 0.1) is 26.2 Å². The Morgan fingerprint density at radius 2 is 1.66 bits per heavy atom. The first kappa shape index (κ1) is 22.5.